The van der Waals surface area contributed by atoms with E-state index in [4.69, 9.17) is 9.16 Å². The lowest BCUT2D eigenvalue weighted by atomic mass is 9.91. The first-order chi connectivity index (χ1) is 15.8. The Labute approximate surface area is 209 Å². The fraction of sp³-hybridized carbons (Fsp3) is 0.750. The lowest BCUT2D eigenvalue weighted by Gasteiger charge is -2.47. The maximum absolute atomic E-state index is 13.5. The number of carbonyl (C=O) groups excluding carboxylic acids is 1. The van der Waals surface area contributed by atoms with Crippen molar-refractivity contribution in [3.05, 3.63) is 35.9 Å². The highest BCUT2D eigenvalue weighted by atomic mass is 28.4. The smallest absolute Gasteiger partial charge is 0.410 e. The third-order valence-electron chi connectivity index (χ3n) is 7.38. The zero-order chi connectivity index (χ0) is 25.7. The first-order valence-corrected chi connectivity index (χ1v) is 15.3. The second kappa shape index (κ2) is 12.0. The summed E-state index contributed by atoms with van der Waals surface area (Å²) in [6.07, 6.45) is 2.36. The van der Waals surface area contributed by atoms with E-state index in [2.05, 4.69) is 41.5 Å². The summed E-state index contributed by atoms with van der Waals surface area (Å²) in [5.41, 5.74) is 1.77. The Morgan fingerprint density at radius 3 is 2.03 bits per heavy atom. The quantitative estimate of drug-likeness (QED) is 0.364. The monoisotopic (exact) mass is 491 g/mol. The predicted molar refractivity (Wildman–Crippen MR) is 143 cm³/mol. The molecule has 3 unspecified atom stereocenters. The molecule has 1 amide bonds. The maximum atomic E-state index is 13.5. The molecule has 5 nitrogen and oxygen atoms in total. The highest BCUT2D eigenvalue weighted by Crippen LogP contribution is 2.43. The number of hydrogen-bond donors (Lipinski definition) is 1. The Bertz CT molecular complexity index is 738. The lowest BCUT2D eigenvalue weighted by Crippen LogP contribution is -2.56. The normalized spacial score (nSPS) is 20.8. The van der Waals surface area contributed by atoms with Crippen LogP contribution in [0, 0.1) is 0 Å². The summed E-state index contributed by atoms with van der Waals surface area (Å²) in [6, 6.07) is 9.59. The third kappa shape index (κ3) is 7.08. The van der Waals surface area contributed by atoms with E-state index in [1.165, 1.54) is 0 Å². The fourth-order valence-electron chi connectivity index (χ4n) is 5.98. The predicted octanol–water partition coefficient (Wildman–Crippen LogP) is 7.46. The van der Waals surface area contributed by atoms with Gasteiger partial charge in [-0.05, 0) is 68.6 Å². The van der Waals surface area contributed by atoms with Crippen molar-refractivity contribution < 1.29 is 19.1 Å². The first-order valence-electron chi connectivity index (χ1n) is 13.2. The number of nitrogens with zero attached hydrogens (tertiary/aromatic N) is 1. The van der Waals surface area contributed by atoms with Crippen molar-refractivity contribution in [3.8, 4) is 0 Å². The molecule has 1 fully saturated rings. The van der Waals surface area contributed by atoms with Crippen LogP contribution in [0.3, 0.4) is 0 Å². The molecule has 0 spiro atoms. The highest BCUT2D eigenvalue weighted by Gasteiger charge is 2.46. The Morgan fingerprint density at radius 2 is 1.53 bits per heavy atom. The average molecular weight is 492 g/mol. The van der Waals surface area contributed by atoms with Crippen LogP contribution in [-0.2, 0) is 9.16 Å². The summed E-state index contributed by atoms with van der Waals surface area (Å²) in [7, 11) is -2.06. The molecule has 3 atom stereocenters. The van der Waals surface area contributed by atoms with Gasteiger partial charge in [-0.3, -0.25) is 4.90 Å². The number of hydrogen-bond acceptors (Lipinski definition) is 4. The molecule has 0 saturated carbocycles. The van der Waals surface area contributed by atoms with Crippen LogP contribution >= 0.6 is 0 Å². The van der Waals surface area contributed by atoms with Crippen LogP contribution < -0.4 is 0 Å². The average Bonchev–Trinajstić information content (AvgIpc) is 2.72. The Balaban J connectivity index is 2.30. The van der Waals surface area contributed by atoms with Crippen LogP contribution in [0.4, 0.5) is 4.79 Å². The summed E-state index contributed by atoms with van der Waals surface area (Å²) >= 11 is 0. The van der Waals surface area contributed by atoms with E-state index >= 15 is 0 Å². The minimum Gasteiger partial charge on any atom is -0.444 e. The van der Waals surface area contributed by atoms with Gasteiger partial charge < -0.3 is 14.3 Å². The zero-order valence-electron chi connectivity index (χ0n) is 23.0. The van der Waals surface area contributed by atoms with Crippen LogP contribution in [0.25, 0.3) is 0 Å². The van der Waals surface area contributed by atoms with Gasteiger partial charge in [0, 0.05) is 6.04 Å². The van der Waals surface area contributed by atoms with Crippen molar-refractivity contribution in [1.82, 2.24) is 4.90 Å². The van der Waals surface area contributed by atoms with Crippen molar-refractivity contribution in [2.24, 2.45) is 0 Å². The molecule has 0 aliphatic carbocycles. The number of likely N-dealkylation sites (tertiary alicyclic amines) is 1. The van der Waals surface area contributed by atoms with E-state index in [0.29, 0.717) is 29.7 Å². The van der Waals surface area contributed by atoms with Crippen LogP contribution in [0.15, 0.2) is 30.3 Å². The van der Waals surface area contributed by atoms with Crippen LogP contribution in [0.2, 0.25) is 16.6 Å². The van der Waals surface area contributed by atoms with Crippen molar-refractivity contribution >= 4 is 14.4 Å². The summed E-state index contributed by atoms with van der Waals surface area (Å²) in [6.45, 7) is 20.0. The number of aliphatic hydroxyl groups is 1. The Morgan fingerprint density at radius 1 is 1.00 bits per heavy atom. The molecule has 1 aromatic rings. The van der Waals surface area contributed by atoms with Crippen LogP contribution in [0.1, 0.15) is 99.7 Å². The molecule has 6 heteroatoms. The topological polar surface area (TPSA) is 59.0 Å². The number of amides is 1. The molecule has 194 valence electrons. The molecule has 1 saturated heterocycles. The van der Waals surface area contributed by atoms with Gasteiger partial charge in [0.05, 0.1) is 18.8 Å². The highest BCUT2D eigenvalue weighted by molar-refractivity contribution is 6.77. The van der Waals surface area contributed by atoms with Crippen LogP contribution in [0.5, 0.6) is 0 Å². The van der Waals surface area contributed by atoms with E-state index in [-0.39, 0.29) is 18.2 Å². The Hall–Kier alpha value is -1.37. The minimum absolute atomic E-state index is 0.0419. The molecule has 1 N–H and O–H groups in total. The largest absolute Gasteiger partial charge is 0.444 e. The maximum Gasteiger partial charge on any atom is 0.410 e. The van der Waals surface area contributed by atoms with E-state index in [9.17, 15) is 9.90 Å². The number of piperidine rings is 1. The zero-order valence-corrected chi connectivity index (χ0v) is 24.0. The summed E-state index contributed by atoms with van der Waals surface area (Å²) in [5, 5.41) is 11.0. The van der Waals surface area contributed by atoms with Crippen molar-refractivity contribution in [2.75, 3.05) is 6.61 Å². The SMILES string of the molecule is CC(C)[Si](OCC1CCCC(CC(O)c2ccccc2)N1C(=O)OC(C)(C)C)(C(C)C)C(C)C. The van der Waals surface area contributed by atoms with Crippen molar-refractivity contribution in [2.45, 2.75) is 128 Å². The van der Waals surface area contributed by atoms with E-state index in [1.54, 1.807) is 0 Å². The van der Waals surface area contributed by atoms with Gasteiger partial charge >= 0.3 is 6.09 Å². The van der Waals surface area contributed by atoms with Gasteiger partial charge in [-0.1, -0.05) is 71.9 Å². The summed E-state index contributed by atoms with van der Waals surface area (Å²) in [4.78, 5) is 15.4. The van der Waals surface area contributed by atoms with E-state index in [0.717, 1.165) is 24.8 Å². The fourth-order valence-corrected chi connectivity index (χ4v) is 11.5. The molecule has 34 heavy (non-hydrogen) atoms. The van der Waals surface area contributed by atoms with Gasteiger partial charge in [0.15, 0.2) is 8.32 Å². The summed E-state index contributed by atoms with van der Waals surface area (Å²) < 4.78 is 12.8. The molecular weight excluding hydrogens is 442 g/mol. The van der Waals surface area contributed by atoms with Crippen LogP contribution in [-0.4, -0.2) is 48.7 Å². The number of aliphatic hydroxyl groups excluding tert-OH is 1. The van der Waals surface area contributed by atoms with Gasteiger partial charge in [-0.25, -0.2) is 4.79 Å². The molecule has 1 aliphatic rings. The second-order valence-corrected chi connectivity index (χ2v) is 17.4. The molecule has 1 aromatic carbocycles. The molecule has 0 aromatic heterocycles. The molecule has 0 radical (unpaired) electrons. The Kier molecular flexibility index (Phi) is 10.2. The van der Waals surface area contributed by atoms with Crippen molar-refractivity contribution in [1.29, 1.82) is 0 Å². The number of rotatable bonds is 9. The van der Waals surface area contributed by atoms with Gasteiger partial charge in [-0.15, -0.1) is 0 Å². The standard InChI is InChI=1S/C28H49NO4Si/c1-20(2)34(21(3)4,22(5)6)32-19-25-17-13-16-24(29(25)27(31)33-28(7,8)9)18-26(30)23-14-11-10-12-15-23/h10-12,14-15,20-22,24-26,30H,13,16-19H2,1-9H3. The minimum atomic E-state index is -2.06. The lowest BCUT2D eigenvalue weighted by molar-refractivity contribution is -0.0228. The van der Waals surface area contributed by atoms with E-state index in [1.807, 2.05) is 56.0 Å². The molecule has 2 rings (SSSR count). The molecular formula is C28H49NO4Si. The molecule has 0 bridgehead atoms. The number of carbonyl (C=O) groups is 1. The van der Waals surface area contributed by atoms with E-state index < -0.39 is 20.0 Å². The van der Waals surface area contributed by atoms with Crippen molar-refractivity contribution in [3.63, 3.8) is 0 Å². The molecule has 1 aliphatic heterocycles. The number of ether oxygens (including phenoxy) is 1. The summed E-state index contributed by atoms with van der Waals surface area (Å²) in [5.74, 6) is 0. The van der Waals surface area contributed by atoms with Gasteiger partial charge in [0.25, 0.3) is 0 Å². The van der Waals surface area contributed by atoms with Gasteiger partial charge in [-0.2, -0.15) is 0 Å². The van der Waals surface area contributed by atoms with Gasteiger partial charge in [0.1, 0.15) is 5.60 Å². The second-order valence-electron chi connectivity index (χ2n) is 11.9. The first kappa shape index (κ1) is 28.9. The third-order valence-corrected chi connectivity index (χ3v) is 13.5. The number of benzene rings is 1. The molecule has 1 heterocycles. The van der Waals surface area contributed by atoms with Gasteiger partial charge in [0.2, 0.25) is 0 Å².